The number of hydrogen-bond donors (Lipinski definition) is 2. The van der Waals surface area contributed by atoms with Gasteiger partial charge in [-0.15, -0.1) is 0 Å². The molecule has 11 heavy (non-hydrogen) atoms. The molecule has 0 aliphatic heterocycles. The van der Waals surface area contributed by atoms with E-state index in [1.165, 1.54) is 0 Å². The summed E-state index contributed by atoms with van der Waals surface area (Å²) in [4.78, 5) is 3.91. The fourth-order valence-electron chi connectivity index (χ4n) is 0.943. The van der Waals surface area contributed by atoms with Crippen molar-refractivity contribution in [3.8, 4) is 0 Å². The number of hydrogen-bond acceptors (Lipinski definition) is 3. The molecule has 4 heteroatoms. The van der Waals surface area contributed by atoms with Crippen LogP contribution in [0.4, 0.5) is 0 Å². The summed E-state index contributed by atoms with van der Waals surface area (Å²) < 4.78 is 1.91. The molecule has 4 nitrogen and oxygen atoms in total. The lowest BCUT2D eigenvalue weighted by Crippen LogP contribution is -2.07. The molecule has 0 spiro atoms. The molecule has 1 aromatic heterocycles. The smallest absolute Gasteiger partial charge is 0.0948 e. The van der Waals surface area contributed by atoms with Crippen LogP contribution in [-0.2, 0) is 13.2 Å². The van der Waals surface area contributed by atoms with Crippen molar-refractivity contribution in [2.45, 2.75) is 19.6 Å². The fourth-order valence-corrected chi connectivity index (χ4v) is 0.943. The fraction of sp³-hybridized carbons (Fsp3) is 0.571. The first-order valence-corrected chi connectivity index (χ1v) is 3.68. The summed E-state index contributed by atoms with van der Waals surface area (Å²) in [5.74, 6) is 0. The summed E-state index contributed by atoms with van der Waals surface area (Å²) in [7, 11) is 0. The Morgan fingerprint density at radius 1 is 1.64 bits per heavy atom. The molecule has 3 N–H and O–H groups in total. The molecule has 1 rings (SSSR count). The Balaban J connectivity index is 2.54. The van der Waals surface area contributed by atoms with Crippen molar-refractivity contribution in [1.82, 2.24) is 9.55 Å². The summed E-state index contributed by atoms with van der Waals surface area (Å²) in [5, 5.41) is 8.81. The van der Waals surface area contributed by atoms with E-state index in [9.17, 15) is 0 Å². The molecular weight excluding hydrogens is 142 g/mol. The van der Waals surface area contributed by atoms with Gasteiger partial charge in [0.2, 0.25) is 0 Å². The molecule has 62 valence electrons. The van der Waals surface area contributed by atoms with Crippen molar-refractivity contribution in [2.24, 2.45) is 5.73 Å². The van der Waals surface area contributed by atoms with Gasteiger partial charge in [-0.25, -0.2) is 4.98 Å². The van der Waals surface area contributed by atoms with E-state index in [4.69, 9.17) is 10.8 Å². The molecule has 0 aliphatic rings. The van der Waals surface area contributed by atoms with Crippen molar-refractivity contribution in [3.05, 3.63) is 18.2 Å². The van der Waals surface area contributed by atoms with Crippen molar-refractivity contribution >= 4 is 0 Å². The molecule has 0 unspecified atom stereocenters. The van der Waals surface area contributed by atoms with Gasteiger partial charge in [0.15, 0.2) is 0 Å². The zero-order valence-electron chi connectivity index (χ0n) is 6.40. The number of aryl methyl sites for hydroxylation is 1. The molecule has 0 saturated carbocycles. The number of aliphatic hydroxyl groups is 1. The van der Waals surface area contributed by atoms with E-state index in [1.807, 2.05) is 4.57 Å². The SMILES string of the molecule is NCCCn1cncc1CO. The Labute approximate surface area is 65.7 Å². The second kappa shape index (κ2) is 4.10. The third kappa shape index (κ3) is 2.03. The maximum atomic E-state index is 8.81. The summed E-state index contributed by atoms with van der Waals surface area (Å²) >= 11 is 0. The summed E-state index contributed by atoms with van der Waals surface area (Å²) in [5.41, 5.74) is 6.19. The van der Waals surface area contributed by atoms with Gasteiger partial charge in [-0.05, 0) is 13.0 Å². The van der Waals surface area contributed by atoms with Crippen LogP contribution in [0.5, 0.6) is 0 Å². The number of rotatable bonds is 4. The highest BCUT2D eigenvalue weighted by atomic mass is 16.3. The van der Waals surface area contributed by atoms with Crippen molar-refractivity contribution < 1.29 is 5.11 Å². The van der Waals surface area contributed by atoms with E-state index in [0.717, 1.165) is 18.7 Å². The van der Waals surface area contributed by atoms with Crippen molar-refractivity contribution in [1.29, 1.82) is 0 Å². The van der Waals surface area contributed by atoms with Gasteiger partial charge in [-0.3, -0.25) is 0 Å². The van der Waals surface area contributed by atoms with Gasteiger partial charge in [0.05, 0.1) is 24.8 Å². The normalized spacial score (nSPS) is 10.4. The zero-order chi connectivity index (χ0) is 8.10. The maximum Gasteiger partial charge on any atom is 0.0948 e. The number of aromatic nitrogens is 2. The monoisotopic (exact) mass is 155 g/mol. The van der Waals surface area contributed by atoms with Crippen LogP contribution in [-0.4, -0.2) is 21.2 Å². The van der Waals surface area contributed by atoms with Crippen LogP contribution in [0.25, 0.3) is 0 Å². The van der Waals surface area contributed by atoms with E-state index in [0.29, 0.717) is 6.54 Å². The minimum absolute atomic E-state index is 0.0462. The van der Waals surface area contributed by atoms with Gasteiger partial charge in [-0.1, -0.05) is 0 Å². The third-order valence-electron chi connectivity index (χ3n) is 1.56. The molecule has 0 radical (unpaired) electrons. The Kier molecular flexibility index (Phi) is 3.07. The molecule has 1 heterocycles. The number of nitrogens with two attached hydrogens (primary N) is 1. The standard InChI is InChI=1S/C7H13N3O/c8-2-1-3-10-6-9-4-7(10)5-11/h4,6,11H,1-3,5,8H2. The molecule has 0 bridgehead atoms. The number of imidazole rings is 1. The van der Waals surface area contributed by atoms with Crippen LogP contribution >= 0.6 is 0 Å². The van der Waals surface area contributed by atoms with Gasteiger partial charge >= 0.3 is 0 Å². The van der Waals surface area contributed by atoms with Gasteiger partial charge in [0, 0.05) is 6.54 Å². The molecule has 0 amide bonds. The van der Waals surface area contributed by atoms with E-state index in [2.05, 4.69) is 4.98 Å². The summed E-state index contributed by atoms with van der Waals surface area (Å²) in [6.45, 7) is 1.56. The lowest BCUT2D eigenvalue weighted by atomic mass is 10.4. The Morgan fingerprint density at radius 2 is 2.45 bits per heavy atom. The topological polar surface area (TPSA) is 64.1 Å². The Hall–Kier alpha value is -0.870. The molecule has 1 aromatic rings. The molecule has 0 aromatic carbocycles. The van der Waals surface area contributed by atoms with Crippen LogP contribution in [0.1, 0.15) is 12.1 Å². The first-order valence-electron chi connectivity index (χ1n) is 3.68. The zero-order valence-corrected chi connectivity index (χ0v) is 6.40. The molecule has 0 atom stereocenters. The first kappa shape index (κ1) is 8.23. The third-order valence-corrected chi connectivity index (χ3v) is 1.56. The van der Waals surface area contributed by atoms with Gasteiger partial charge in [-0.2, -0.15) is 0 Å². The van der Waals surface area contributed by atoms with Crippen molar-refractivity contribution in [3.63, 3.8) is 0 Å². The van der Waals surface area contributed by atoms with Crippen LogP contribution in [0.15, 0.2) is 12.5 Å². The minimum atomic E-state index is 0.0462. The second-order valence-electron chi connectivity index (χ2n) is 2.38. The average Bonchev–Trinajstić information content (AvgIpc) is 2.47. The van der Waals surface area contributed by atoms with Crippen LogP contribution < -0.4 is 5.73 Å². The van der Waals surface area contributed by atoms with Crippen molar-refractivity contribution in [2.75, 3.05) is 6.54 Å². The number of nitrogens with zero attached hydrogens (tertiary/aromatic N) is 2. The highest BCUT2D eigenvalue weighted by molar-refractivity contribution is 4.95. The van der Waals surface area contributed by atoms with E-state index >= 15 is 0 Å². The lowest BCUT2D eigenvalue weighted by Gasteiger charge is -2.03. The largest absolute Gasteiger partial charge is 0.390 e. The van der Waals surface area contributed by atoms with Crippen LogP contribution in [0.3, 0.4) is 0 Å². The lowest BCUT2D eigenvalue weighted by molar-refractivity contribution is 0.270. The van der Waals surface area contributed by atoms with E-state index in [1.54, 1.807) is 12.5 Å². The van der Waals surface area contributed by atoms with Crippen LogP contribution in [0.2, 0.25) is 0 Å². The minimum Gasteiger partial charge on any atom is -0.390 e. The number of aliphatic hydroxyl groups excluding tert-OH is 1. The predicted octanol–water partition coefficient (Wildman–Crippen LogP) is -0.276. The summed E-state index contributed by atoms with van der Waals surface area (Å²) in [6.07, 6.45) is 4.29. The Bertz CT molecular complexity index is 209. The molecule has 0 saturated heterocycles. The second-order valence-corrected chi connectivity index (χ2v) is 2.38. The molecule has 0 fully saturated rings. The molecular formula is C7H13N3O. The summed E-state index contributed by atoms with van der Waals surface area (Å²) in [6, 6.07) is 0. The quantitative estimate of drug-likeness (QED) is 0.628. The average molecular weight is 155 g/mol. The highest BCUT2D eigenvalue weighted by Crippen LogP contribution is 1.99. The predicted molar refractivity (Wildman–Crippen MR) is 41.8 cm³/mol. The van der Waals surface area contributed by atoms with E-state index in [-0.39, 0.29) is 6.61 Å². The van der Waals surface area contributed by atoms with Crippen LogP contribution in [0, 0.1) is 0 Å². The first-order chi connectivity index (χ1) is 5.38. The maximum absolute atomic E-state index is 8.81. The molecule has 0 aliphatic carbocycles. The van der Waals surface area contributed by atoms with E-state index < -0.39 is 0 Å². The van der Waals surface area contributed by atoms with Gasteiger partial charge in [0.1, 0.15) is 0 Å². The van der Waals surface area contributed by atoms with Gasteiger partial charge < -0.3 is 15.4 Å². The Morgan fingerprint density at radius 3 is 3.09 bits per heavy atom. The van der Waals surface area contributed by atoms with Gasteiger partial charge in [0.25, 0.3) is 0 Å². The highest BCUT2D eigenvalue weighted by Gasteiger charge is 1.97.